The largest absolute Gasteiger partial charge is 0.353 e. The van der Waals surface area contributed by atoms with Gasteiger partial charge >= 0.3 is 0 Å². The van der Waals surface area contributed by atoms with E-state index in [4.69, 9.17) is 11.6 Å². The van der Waals surface area contributed by atoms with Crippen LogP contribution in [0.3, 0.4) is 0 Å². The number of halogens is 1. The molecule has 2 rings (SSSR count). The number of nitrogens with zero attached hydrogens (tertiary/aromatic N) is 3. The Morgan fingerprint density at radius 2 is 2.28 bits per heavy atom. The summed E-state index contributed by atoms with van der Waals surface area (Å²) in [5, 5.41) is 3.30. The van der Waals surface area contributed by atoms with E-state index in [0.29, 0.717) is 17.5 Å². The number of rotatable bonds is 3. The van der Waals surface area contributed by atoms with Gasteiger partial charge in [0.1, 0.15) is 22.8 Å². The Labute approximate surface area is 112 Å². The van der Waals surface area contributed by atoms with E-state index in [1.165, 1.54) is 0 Å². The second-order valence-corrected chi connectivity index (χ2v) is 4.61. The molecule has 1 amide bonds. The molecule has 0 saturated carbocycles. The van der Waals surface area contributed by atoms with Crippen LogP contribution in [0.15, 0.2) is 6.07 Å². The van der Waals surface area contributed by atoms with Crippen LogP contribution in [0, 0.1) is 0 Å². The predicted octanol–water partition coefficient (Wildman–Crippen LogP) is 1.41. The maximum Gasteiger partial charge on any atom is 0.242 e. The SMILES string of the molecule is CCc1nc(Cl)cc(N2CCNC(=O)C2CC)n1. The molecule has 2 heterocycles. The summed E-state index contributed by atoms with van der Waals surface area (Å²) in [4.78, 5) is 22.4. The fraction of sp³-hybridized carbons (Fsp3) is 0.583. The zero-order chi connectivity index (χ0) is 13.1. The summed E-state index contributed by atoms with van der Waals surface area (Å²) in [6.45, 7) is 5.36. The van der Waals surface area contributed by atoms with Crippen molar-refractivity contribution >= 4 is 23.3 Å². The standard InChI is InChI=1S/C12H17ClN4O/c1-3-8-12(18)14-5-6-17(8)11-7-9(13)15-10(4-2)16-11/h7-8H,3-6H2,1-2H3,(H,14,18). The molecule has 5 nitrogen and oxygen atoms in total. The molecular weight excluding hydrogens is 252 g/mol. The molecule has 1 aromatic heterocycles. The molecule has 1 aliphatic rings. The van der Waals surface area contributed by atoms with Gasteiger partial charge in [-0.1, -0.05) is 25.4 Å². The Hall–Kier alpha value is -1.36. The second-order valence-electron chi connectivity index (χ2n) is 4.23. The van der Waals surface area contributed by atoms with Crippen LogP contribution >= 0.6 is 11.6 Å². The third-order valence-corrected chi connectivity index (χ3v) is 3.25. The van der Waals surface area contributed by atoms with Gasteiger partial charge in [-0.15, -0.1) is 0 Å². The van der Waals surface area contributed by atoms with Crippen molar-refractivity contribution in [2.24, 2.45) is 0 Å². The molecule has 1 unspecified atom stereocenters. The van der Waals surface area contributed by atoms with Crippen molar-refractivity contribution in [1.82, 2.24) is 15.3 Å². The molecule has 18 heavy (non-hydrogen) atoms. The van der Waals surface area contributed by atoms with Gasteiger partial charge in [-0.3, -0.25) is 4.79 Å². The molecule has 1 aromatic rings. The molecule has 0 aliphatic carbocycles. The second kappa shape index (κ2) is 5.52. The summed E-state index contributed by atoms with van der Waals surface area (Å²) in [5.41, 5.74) is 0. The Balaban J connectivity index is 2.34. The number of anilines is 1. The normalized spacial score (nSPS) is 19.8. The molecule has 98 valence electrons. The summed E-state index contributed by atoms with van der Waals surface area (Å²) < 4.78 is 0. The first-order valence-electron chi connectivity index (χ1n) is 6.23. The van der Waals surface area contributed by atoms with Crippen LogP contribution in [0.2, 0.25) is 5.15 Å². The van der Waals surface area contributed by atoms with Crippen LogP contribution in [0.25, 0.3) is 0 Å². The van der Waals surface area contributed by atoms with E-state index in [9.17, 15) is 4.79 Å². The molecule has 0 spiro atoms. The monoisotopic (exact) mass is 268 g/mol. The van der Waals surface area contributed by atoms with Crippen LogP contribution in [0.4, 0.5) is 5.82 Å². The highest BCUT2D eigenvalue weighted by Crippen LogP contribution is 2.21. The fourth-order valence-corrected chi connectivity index (χ4v) is 2.35. The van der Waals surface area contributed by atoms with Crippen molar-refractivity contribution in [1.29, 1.82) is 0 Å². The van der Waals surface area contributed by atoms with E-state index in [0.717, 1.165) is 25.2 Å². The number of piperazine rings is 1. The molecule has 0 radical (unpaired) electrons. The average molecular weight is 269 g/mol. The fourth-order valence-electron chi connectivity index (χ4n) is 2.15. The zero-order valence-electron chi connectivity index (χ0n) is 10.6. The van der Waals surface area contributed by atoms with Crippen LogP contribution in [-0.4, -0.2) is 35.0 Å². The van der Waals surface area contributed by atoms with Crippen molar-refractivity contribution in [3.05, 3.63) is 17.0 Å². The van der Waals surface area contributed by atoms with Crippen LogP contribution in [-0.2, 0) is 11.2 Å². The molecule has 6 heteroatoms. The van der Waals surface area contributed by atoms with Crippen LogP contribution < -0.4 is 10.2 Å². The van der Waals surface area contributed by atoms with Crippen molar-refractivity contribution in [2.45, 2.75) is 32.7 Å². The predicted molar refractivity (Wildman–Crippen MR) is 70.9 cm³/mol. The number of amides is 1. The highest BCUT2D eigenvalue weighted by atomic mass is 35.5. The van der Waals surface area contributed by atoms with Crippen molar-refractivity contribution < 1.29 is 4.79 Å². The molecule has 1 fully saturated rings. The van der Waals surface area contributed by atoms with Crippen molar-refractivity contribution in [2.75, 3.05) is 18.0 Å². The number of aryl methyl sites for hydroxylation is 1. The topological polar surface area (TPSA) is 58.1 Å². The van der Waals surface area contributed by atoms with Gasteiger partial charge in [0, 0.05) is 25.6 Å². The van der Waals surface area contributed by atoms with Gasteiger partial charge < -0.3 is 10.2 Å². The van der Waals surface area contributed by atoms with E-state index in [1.807, 2.05) is 18.7 Å². The van der Waals surface area contributed by atoms with E-state index in [1.54, 1.807) is 6.07 Å². The first-order chi connectivity index (χ1) is 8.65. The van der Waals surface area contributed by atoms with Gasteiger partial charge in [0.2, 0.25) is 5.91 Å². The smallest absolute Gasteiger partial charge is 0.242 e. The van der Waals surface area contributed by atoms with Gasteiger partial charge in [-0.25, -0.2) is 9.97 Å². The van der Waals surface area contributed by atoms with Gasteiger partial charge in [-0.2, -0.15) is 0 Å². The highest BCUT2D eigenvalue weighted by Gasteiger charge is 2.29. The number of nitrogens with one attached hydrogen (secondary N) is 1. The number of hydrogen-bond donors (Lipinski definition) is 1. The first-order valence-corrected chi connectivity index (χ1v) is 6.61. The Bertz CT molecular complexity index is 452. The maximum atomic E-state index is 11.8. The molecule has 0 aromatic carbocycles. The Kier molecular flexibility index (Phi) is 4.01. The molecule has 1 aliphatic heterocycles. The number of carbonyl (C=O) groups excluding carboxylic acids is 1. The highest BCUT2D eigenvalue weighted by molar-refractivity contribution is 6.29. The summed E-state index contributed by atoms with van der Waals surface area (Å²) in [7, 11) is 0. The molecule has 1 saturated heterocycles. The summed E-state index contributed by atoms with van der Waals surface area (Å²) in [6.07, 6.45) is 1.47. The summed E-state index contributed by atoms with van der Waals surface area (Å²) in [5.74, 6) is 1.50. The van der Waals surface area contributed by atoms with E-state index in [-0.39, 0.29) is 11.9 Å². The van der Waals surface area contributed by atoms with Crippen LogP contribution in [0.5, 0.6) is 0 Å². The third kappa shape index (κ3) is 2.56. The lowest BCUT2D eigenvalue weighted by molar-refractivity contribution is -0.123. The van der Waals surface area contributed by atoms with Gasteiger partial charge in [0.25, 0.3) is 0 Å². The van der Waals surface area contributed by atoms with Crippen LogP contribution in [0.1, 0.15) is 26.1 Å². The number of carbonyl (C=O) groups is 1. The molecule has 1 N–H and O–H groups in total. The zero-order valence-corrected chi connectivity index (χ0v) is 11.4. The molecule has 1 atom stereocenters. The van der Waals surface area contributed by atoms with E-state index >= 15 is 0 Å². The lowest BCUT2D eigenvalue weighted by Crippen LogP contribution is -2.55. The minimum atomic E-state index is -0.172. The van der Waals surface area contributed by atoms with E-state index < -0.39 is 0 Å². The Morgan fingerprint density at radius 1 is 1.50 bits per heavy atom. The lowest BCUT2D eigenvalue weighted by Gasteiger charge is -2.35. The maximum absolute atomic E-state index is 11.8. The average Bonchev–Trinajstić information content (AvgIpc) is 2.37. The first kappa shape index (κ1) is 13.1. The quantitative estimate of drug-likeness (QED) is 0.842. The minimum Gasteiger partial charge on any atom is -0.353 e. The lowest BCUT2D eigenvalue weighted by atomic mass is 10.1. The molecular formula is C12H17ClN4O. The van der Waals surface area contributed by atoms with E-state index in [2.05, 4.69) is 15.3 Å². The van der Waals surface area contributed by atoms with Gasteiger partial charge in [-0.05, 0) is 6.42 Å². The van der Waals surface area contributed by atoms with Crippen molar-refractivity contribution in [3.63, 3.8) is 0 Å². The third-order valence-electron chi connectivity index (χ3n) is 3.06. The number of aromatic nitrogens is 2. The minimum absolute atomic E-state index is 0.0523. The number of hydrogen-bond acceptors (Lipinski definition) is 4. The molecule has 0 bridgehead atoms. The summed E-state index contributed by atoms with van der Waals surface area (Å²) >= 11 is 6.00. The summed E-state index contributed by atoms with van der Waals surface area (Å²) in [6, 6.07) is 1.55. The Morgan fingerprint density at radius 3 is 2.94 bits per heavy atom. The van der Waals surface area contributed by atoms with Gasteiger partial charge in [0.15, 0.2) is 0 Å². The van der Waals surface area contributed by atoms with Crippen molar-refractivity contribution in [3.8, 4) is 0 Å². The van der Waals surface area contributed by atoms with Gasteiger partial charge in [0.05, 0.1) is 0 Å².